The van der Waals surface area contributed by atoms with E-state index in [-0.39, 0.29) is 36.4 Å². The van der Waals surface area contributed by atoms with Crippen LogP contribution in [-0.2, 0) is 16.0 Å². The molecule has 1 aliphatic heterocycles. The highest BCUT2D eigenvalue weighted by molar-refractivity contribution is 7.10. The van der Waals surface area contributed by atoms with Crippen molar-refractivity contribution < 1.29 is 14.3 Å². The molecule has 6 heteroatoms. The first-order chi connectivity index (χ1) is 15.3. The zero-order valence-corrected chi connectivity index (χ0v) is 20.4. The molecule has 0 radical (unpaired) electrons. The smallest absolute Gasteiger partial charge is 0.242 e. The molecule has 4 rings (SSSR count). The van der Waals surface area contributed by atoms with Gasteiger partial charge in [-0.25, -0.2) is 0 Å². The van der Waals surface area contributed by atoms with Crippen molar-refractivity contribution in [2.45, 2.75) is 65.0 Å². The van der Waals surface area contributed by atoms with Gasteiger partial charge in [0.1, 0.15) is 18.9 Å². The first-order valence-corrected chi connectivity index (χ1v) is 12.6. The lowest BCUT2D eigenvalue weighted by Crippen LogP contribution is -2.49. The molecule has 2 aromatic rings. The number of ether oxygens (including phenoxy) is 1. The van der Waals surface area contributed by atoms with Gasteiger partial charge in [-0.05, 0) is 73.7 Å². The molecule has 1 saturated carbocycles. The van der Waals surface area contributed by atoms with E-state index in [0.29, 0.717) is 19.1 Å². The molecule has 1 aromatic carbocycles. The number of thiophene rings is 1. The highest BCUT2D eigenvalue weighted by Crippen LogP contribution is 2.35. The van der Waals surface area contributed by atoms with Gasteiger partial charge in [0.25, 0.3) is 0 Å². The normalized spacial score (nSPS) is 18.1. The second-order valence-corrected chi connectivity index (χ2v) is 10.5. The molecule has 1 aliphatic carbocycles. The largest absolute Gasteiger partial charge is 0.491 e. The predicted molar refractivity (Wildman–Crippen MR) is 128 cm³/mol. The number of hydrogen-bond donors (Lipinski definition) is 0. The molecule has 0 N–H and O–H groups in total. The molecule has 1 fully saturated rings. The van der Waals surface area contributed by atoms with Crippen molar-refractivity contribution in [1.29, 1.82) is 0 Å². The number of benzene rings is 1. The van der Waals surface area contributed by atoms with Gasteiger partial charge in [-0.3, -0.25) is 9.59 Å². The highest BCUT2D eigenvalue weighted by Gasteiger charge is 2.38. The van der Waals surface area contributed by atoms with Crippen LogP contribution in [0.2, 0.25) is 0 Å². The summed E-state index contributed by atoms with van der Waals surface area (Å²) in [6.07, 6.45) is 2.76. The number of nitrogens with zero attached hydrogens (tertiary/aromatic N) is 2. The molecule has 1 atom stereocenters. The summed E-state index contributed by atoms with van der Waals surface area (Å²) >= 11 is 1.75. The van der Waals surface area contributed by atoms with E-state index in [1.165, 1.54) is 16.0 Å². The molecule has 172 valence electrons. The van der Waals surface area contributed by atoms with Gasteiger partial charge >= 0.3 is 0 Å². The van der Waals surface area contributed by atoms with E-state index in [0.717, 1.165) is 25.0 Å². The lowest BCUT2D eigenvalue weighted by atomic mass is 10.00. The molecule has 2 heterocycles. The van der Waals surface area contributed by atoms with Gasteiger partial charge in [-0.1, -0.05) is 26.0 Å². The Morgan fingerprint density at radius 2 is 1.84 bits per heavy atom. The van der Waals surface area contributed by atoms with Crippen LogP contribution in [0.3, 0.4) is 0 Å². The third-order valence-corrected chi connectivity index (χ3v) is 7.50. The summed E-state index contributed by atoms with van der Waals surface area (Å²) in [6.45, 7) is 9.54. The van der Waals surface area contributed by atoms with Gasteiger partial charge < -0.3 is 14.5 Å². The number of fused-ring (bicyclic) bond motifs is 1. The first-order valence-electron chi connectivity index (χ1n) is 11.7. The molecular weight excluding hydrogens is 420 g/mol. The molecule has 0 bridgehead atoms. The molecule has 1 aromatic heterocycles. The molecule has 2 amide bonds. The van der Waals surface area contributed by atoms with Crippen LogP contribution in [0.5, 0.6) is 5.75 Å². The minimum absolute atomic E-state index is 0.00769. The fraction of sp³-hybridized carbons (Fsp3) is 0.538. The van der Waals surface area contributed by atoms with Gasteiger partial charge in [-0.2, -0.15) is 0 Å². The Kier molecular flexibility index (Phi) is 6.89. The number of rotatable bonds is 8. The van der Waals surface area contributed by atoms with Crippen LogP contribution < -0.4 is 4.74 Å². The van der Waals surface area contributed by atoms with Crippen LogP contribution >= 0.6 is 11.3 Å². The minimum Gasteiger partial charge on any atom is -0.491 e. The third kappa shape index (κ3) is 5.01. The fourth-order valence-corrected chi connectivity index (χ4v) is 5.24. The Bertz CT molecular complexity index is 946. The Morgan fingerprint density at radius 3 is 2.47 bits per heavy atom. The Morgan fingerprint density at radius 1 is 1.12 bits per heavy atom. The summed E-state index contributed by atoms with van der Waals surface area (Å²) in [5.41, 5.74) is 2.46. The summed E-state index contributed by atoms with van der Waals surface area (Å²) in [5, 5.41) is 2.10. The maximum absolute atomic E-state index is 13.4. The van der Waals surface area contributed by atoms with Crippen molar-refractivity contribution in [3.05, 3.63) is 51.7 Å². The van der Waals surface area contributed by atoms with E-state index in [4.69, 9.17) is 4.74 Å². The maximum atomic E-state index is 13.4. The topological polar surface area (TPSA) is 49.9 Å². The zero-order valence-electron chi connectivity index (χ0n) is 19.5. The summed E-state index contributed by atoms with van der Waals surface area (Å²) in [5.74, 6) is 1.54. The summed E-state index contributed by atoms with van der Waals surface area (Å²) in [6, 6.07) is 10.2. The van der Waals surface area contributed by atoms with Crippen molar-refractivity contribution >= 4 is 23.2 Å². The number of amides is 2. The van der Waals surface area contributed by atoms with E-state index in [2.05, 4.69) is 37.4 Å². The van der Waals surface area contributed by atoms with E-state index in [9.17, 15) is 9.59 Å². The zero-order chi connectivity index (χ0) is 22.8. The number of hydrogen-bond acceptors (Lipinski definition) is 4. The van der Waals surface area contributed by atoms with Crippen LogP contribution in [0.4, 0.5) is 0 Å². The van der Waals surface area contributed by atoms with Crippen LogP contribution in [0.1, 0.15) is 68.5 Å². The average molecular weight is 455 g/mol. The Balaban J connectivity index is 1.48. The van der Waals surface area contributed by atoms with Gasteiger partial charge in [0.05, 0.1) is 6.04 Å². The minimum atomic E-state index is -0.132. The fourth-order valence-electron chi connectivity index (χ4n) is 4.32. The maximum Gasteiger partial charge on any atom is 0.242 e. The molecule has 0 unspecified atom stereocenters. The van der Waals surface area contributed by atoms with Crippen LogP contribution in [-0.4, -0.2) is 47.4 Å². The third-order valence-electron chi connectivity index (χ3n) is 6.51. The lowest BCUT2D eigenvalue weighted by Gasteiger charge is -2.37. The van der Waals surface area contributed by atoms with Crippen molar-refractivity contribution in [2.75, 3.05) is 19.7 Å². The van der Waals surface area contributed by atoms with Crippen molar-refractivity contribution in [3.63, 3.8) is 0 Å². The standard InChI is InChI=1S/C26H34N2O3S/c1-17(2)19-7-9-21(10-8-19)31-16-23-22-12-14-32-24(22)11-13-27(23)25(29)15-28(18(3)4)26(30)20-5-6-20/h7-10,12,14,17-18,20,23H,5-6,11,13,15-16H2,1-4H3/t23-/m0/s1. The predicted octanol–water partition coefficient (Wildman–Crippen LogP) is 5.02. The van der Waals surface area contributed by atoms with Crippen LogP contribution in [0.15, 0.2) is 35.7 Å². The summed E-state index contributed by atoms with van der Waals surface area (Å²) < 4.78 is 6.17. The summed E-state index contributed by atoms with van der Waals surface area (Å²) in [7, 11) is 0. The molecule has 5 nitrogen and oxygen atoms in total. The summed E-state index contributed by atoms with van der Waals surface area (Å²) in [4.78, 5) is 31.1. The average Bonchev–Trinajstić information content (AvgIpc) is 3.52. The molecule has 0 saturated heterocycles. The Labute approximate surface area is 195 Å². The van der Waals surface area contributed by atoms with Crippen molar-refractivity contribution in [3.8, 4) is 5.75 Å². The monoisotopic (exact) mass is 454 g/mol. The SMILES string of the molecule is CC(C)c1ccc(OC[C@H]2c3ccsc3CCN2C(=O)CN(C(=O)C2CC2)C(C)C)cc1. The molecular formula is C26H34N2O3S. The van der Waals surface area contributed by atoms with Gasteiger partial charge in [0, 0.05) is 23.4 Å². The van der Waals surface area contributed by atoms with E-state index < -0.39 is 0 Å². The molecule has 2 aliphatic rings. The van der Waals surface area contributed by atoms with Crippen LogP contribution in [0, 0.1) is 5.92 Å². The van der Waals surface area contributed by atoms with E-state index in [1.807, 2.05) is 30.9 Å². The second-order valence-electron chi connectivity index (χ2n) is 9.52. The first kappa shape index (κ1) is 22.8. The van der Waals surface area contributed by atoms with Crippen molar-refractivity contribution in [1.82, 2.24) is 9.80 Å². The highest BCUT2D eigenvalue weighted by atomic mass is 32.1. The second kappa shape index (κ2) is 9.65. The van der Waals surface area contributed by atoms with Gasteiger partial charge in [0.2, 0.25) is 11.8 Å². The van der Waals surface area contributed by atoms with Crippen molar-refractivity contribution in [2.24, 2.45) is 5.92 Å². The molecule has 0 spiro atoms. The van der Waals surface area contributed by atoms with Crippen LogP contribution in [0.25, 0.3) is 0 Å². The Hall–Kier alpha value is -2.34. The van der Waals surface area contributed by atoms with Gasteiger partial charge in [-0.15, -0.1) is 11.3 Å². The number of carbonyl (C=O) groups excluding carboxylic acids is 2. The number of carbonyl (C=O) groups is 2. The van der Waals surface area contributed by atoms with E-state index >= 15 is 0 Å². The molecule has 32 heavy (non-hydrogen) atoms. The van der Waals surface area contributed by atoms with Gasteiger partial charge in [0.15, 0.2) is 0 Å². The lowest BCUT2D eigenvalue weighted by molar-refractivity contribution is -0.144. The van der Waals surface area contributed by atoms with E-state index in [1.54, 1.807) is 16.2 Å². The quantitative estimate of drug-likeness (QED) is 0.563.